The number of carboxylic acid groups (broad SMARTS) is 1. The van der Waals surface area contributed by atoms with E-state index in [9.17, 15) is 32.7 Å². The van der Waals surface area contributed by atoms with Gasteiger partial charge in [-0.2, -0.15) is 13.2 Å². The number of carbonyl (C=O) groups is 3. The highest BCUT2D eigenvalue weighted by atomic mass is 35.5. The van der Waals surface area contributed by atoms with Gasteiger partial charge in [0.1, 0.15) is 12.1 Å². The van der Waals surface area contributed by atoms with Gasteiger partial charge in [-0.3, -0.25) is 9.59 Å². The molecule has 6 nitrogen and oxygen atoms in total. The molecular formula is C16H24ClF3N2O4. The van der Waals surface area contributed by atoms with Crippen LogP contribution >= 0.6 is 12.4 Å². The minimum atomic E-state index is -5.10. The number of rotatable bonds is 5. The van der Waals surface area contributed by atoms with E-state index in [2.05, 4.69) is 0 Å². The Morgan fingerprint density at radius 1 is 1.31 bits per heavy atom. The zero-order chi connectivity index (χ0) is 19.3. The number of carbonyl (C=O) groups excluding carboxylic acids is 2. The van der Waals surface area contributed by atoms with Crippen LogP contribution in [0.1, 0.15) is 34.1 Å². The third-order valence-electron chi connectivity index (χ3n) is 5.77. The first kappa shape index (κ1) is 22.5. The van der Waals surface area contributed by atoms with Crippen LogP contribution in [0.15, 0.2) is 0 Å². The van der Waals surface area contributed by atoms with Crippen molar-refractivity contribution in [2.24, 2.45) is 23.2 Å². The topological polar surface area (TPSA) is 86.7 Å². The van der Waals surface area contributed by atoms with Crippen molar-refractivity contribution in [3.63, 3.8) is 0 Å². The Labute approximate surface area is 155 Å². The van der Waals surface area contributed by atoms with Gasteiger partial charge < -0.3 is 15.3 Å². The quantitative estimate of drug-likeness (QED) is 0.739. The molecular weight excluding hydrogens is 377 g/mol. The van der Waals surface area contributed by atoms with Gasteiger partial charge in [0, 0.05) is 12.5 Å². The maximum absolute atomic E-state index is 12.8. The molecule has 0 aromatic rings. The molecule has 1 heterocycles. The zero-order valence-corrected chi connectivity index (χ0v) is 15.8. The number of piperidine rings is 1. The van der Waals surface area contributed by atoms with E-state index in [1.165, 1.54) is 0 Å². The van der Waals surface area contributed by atoms with Crippen molar-refractivity contribution in [1.29, 1.82) is 0 Å². The molecule has 0 unspecified atom stereocenters. The smallest absolute Gasteiger partial charge is 0.471 e. The molecule has 2 rings (SSSR count). The summed E-state index contributed by atoms with van der Waals surface area (Å²) >= 11 is 0. The molecule has 26 heavy (non-hydrogen) atoms. The molecule has 0 spiro atoms. The zero-order valence-electron chi connectivity index (χ0n) is 15.0. The molecule has 2 N–H and O–H groups in total. The fourth-order valence-electron chi connectivity index (χ4n) is 3.88. The van der Waals surface area contributed by atoms with Gasteiger partial charge in [-0.1, -0.05) is 34.1 Å². The highest BCUT2D eigenvalue weighted by Crippen LogP contribution is 2.64. The average Bonchev–Trinajstić information content (AvgIpc) is 2.88. The Morgan fingerprint density at radius 2 is 1.85 bits per heavy atom. The maximum Gasteiger partial charge on any atom is 0.471 e. The van der Waals surface area contributed by atoms with Crippen LogP contribution in [0, 0.1) is 23.2 Å². The molecule has 1 aliphatic heterocycles. The van der Waals surface area contributed by atoms with Gasteiger partial charge in [-0.25, -0.2) is 4.79 Å². The van der Waals surface area contributed by atoms with Crippen LogP contribution in [0.5, 0.6) is 0 Å². The molecule has 2 amide bonds. The summed E-state index contributed by atoms with van der Waals surface area (Å²) in [5.41, 5.74) is -0.207. The number of carboxylic acids is 1. The van der Waals surface area contributed by atoms with Gasteiger partial charge in [-0.15, -0.1) is 12.4 Å². The van der Waals surface area contributed by atoms with Gasteiger partial charge >= 0.3 is 18.1 Å². The summed E-state index contributed by atoms with van der Waals surface area (Å²) in [6.45, 7) is 7.25. The van der Waals surface area contributed by atoms with Gasteiger partial charge in [0.05, 0.1) is 0 Å². The lowest BCUT2D eigenvalue weighted by Crippen LogP contribution is -2.57. The number of hydrogen-bond acceptors (Lipinski definition) is 3. The van der Waals surface area contributed by atoms with Crippen molar-refractivity contribution in [2.45, 2.75) is 52.4 Å². The first-order valence-electron chi connectivity index (χ1n) is 8.25. The van der Waals surface area contributed by atoms with E-state index in [-0.39, 0.29) is 36.2 Å². The first-order chi connectivity index (χ1) is 11.3. The third-order valence-corrected chi connectivity index (χ3v) is 5.77. The summed E-state index contributed by atoms with van der Waals surface area (Å²) in [7, 11) is 0. The molecule has 0 aromatic carbocycles. The number of likely N-dealkylation sites (tertiary alicyclic amines) is 1. The van der Waals surface area contributed by atoms with Crippen molar-refractivity contribution < 1.29 is 32.7 Å². The Morgan fingerprint density at radius 3 is 2.27 bits per heavy atom. The normalized spacial score (nSPS) is 28.4. The maximum atomic E-state index is 12.8. The van der Waals surface area contributed by atoms with Gasteiger partial charge in [0.15, 0.2) is 0 Å². The standard InChI is InChI=1S/C16H23F3N2O4.ClH/c1-5-7(2)10(20-14(25)16(17,18)19)12(22)21-6-8-9(15(8,3)4)11(21)13(23)24;/h7-11H,5-6H2,1-4H3,(H,20,25)(H,23,24);1H/t7-,8+,9+,10+,11+;/m1./s1. The largest absolute Gasteiger partial charge is 0.480 e. The molecule has 0 bridgehead atoms. The molecule has 10 heteroatoms. The fraction of sp³-hybridized carbons (Fsp3) is 0.812. The number of nitrogens with zero attached hydrogens (tertiary/aromatic N) is 1. The molecule has 0 aromatic heterocycles. The van der Waals surface area contributed by atoms with E-state index in [1.54, 1.807) is 19.2 Å². The van der Waals surface area contributed by atoms with Crippen molar-refractivity contribution in [1.82, 2.24) is 10.2 Å². The van der Waals surface area contributed by atoms with Crippen molar-refractivity contribution >= 4 is 30.2 Å². The molecule has 2 fully saturated rings. The third kappa shape index (κ3) is 3.77. The lowest BCUT2D eigenvalue weighted by Gasteiger charge is -2.33. The van der Waals surface area contributed by atoms with Crippen LogP contribution in [0.25, 0.3) is 0 Å². The summed E-state index contributed by atoms with van der Waals surface area (Å²) in [6.07, 6.45) is -4.74. The number of nitrogens with one attached hydrogen (secondary N) is 1. The Bertz CT molecular complexity index is 597. The number of alkyl halides is 3. The second kappa shape index (κ2) is 7.25. The molecule has 0 radical (unpaired) electrons. The molecule has 5 atom stereocenters. The van der Waals surface area contributed by atoms with Crippen LogP contribution in [0.3, 0.4) is 0 Å². The second-order valence-electron chi connectivity index (χ2n) is 7.56. The van der Waals surface area contributed by atoms with Crippen molar-refractivity contribution in [3.05, 3.63) is 0 Å². The predicted octanol–water partition coefficient (Wildman–Crippen LogP) is 2.07. The number of aliphatic carboxylic acids is 1. The Hall–Kier alpha value is -1.51. The molecule has 1 saturated carbocycles. The Kier molecular flexibility index (Phi) is 6.28. The van der Waals surface area contributed by atoms with Crippen molar-refractivity contribution in [2.75, 3.05) is 6.54 Å². The number of hydrogen-bond donors (Lipinski definition) is 2. The lowest BCUT2D eigenvalue weighted by molar-refractivity contribution is -0.175. The summed E-state index contributed by atoms with van der Waals surface area (Å²) in [4.78, 5) is 36.8. The van der Waals surface area contributed by atoms with Crippen LogP contribution in [-0.4, -0.2) is 52.6 Å². The second-order valence-corrected chi connectivity index (χ2v) is 7.56. The summed E-state index contributed by atoms with van der Waals surface area (Å²) in [5.74, 6) is -4.89. The number of fused-ring (bicyclic) bond motifs is 1. The molecule has 2 aliphatic rings. The van der Waals surface area contributed by atoms with Crippen LogP contribution in [0.4, 0.5) is 13.2 Å². The number of amides is 2. The van der Waals surface area contributed by atoms with Gasteiger partial charge in [0.2, 0.25) is 5.91 Å². The van der Waals surface area contributed by atoms with E-state index >= 15 is 0 Å². The molecule has 150 valence electrons. The van der Waals surface area contributed by atoms with Crippen LogP contribution < -0.4 is 5.32 Å². The molecule has 1 aliphatic carbocycles. The van der Waals surface area contributed by atoms with E-state index in [0.717, 1.165) is 4.90 Å². The van der Waals surface area contributed by atoms with Gasteiger partial charge in [-0.05, 0) is 17.3 Å². The highest BCUT2D eigenvalue weighted by molar-refractivity contribution is 5.93. The Balaban J connectivity index is 0.00000338. The monoisotopic (exact) mass is 400 g/mol. The van der Waals surface area contributed by atoms with Crippen molar-refractivity contribution in [3.8, 4) is 0 Å². The number of halogens is 4. The van der Waals surface area contributed by atoms with Gasteiger partial charge in [0.25, 0.3) is 0 Å². The summed E-state index contributed by atoms with van der Waals surface area (Å²) in [6, 6.07) is -2.47. The summed E-state index contributed by atoms with van der Waals surface area (Å²) < 4.78 is 37.7. The SMILES string of the molecule is CC[C@@H](C)[C@H](NC(=O)C(F)(F)F)C(=O)N1C[C@H]2[C@@H]([C@H]1C(=O)O)C2(C)C.Cl. The van der Waals surface area contributed by atoms with E-state index < -0.39 is 42.0 Å². The summed E-state index contributed by atoms with van der Waals surface area (Å²) in [5, 5.41) is 11.2. The van der Waals surface area contributed by atoms with Crippen LogP contribution in [-0.2, 0) is 14.4 Å². The fourth-order valence-corrected chi connectivity index (χ4v) is 3.88. The van der Waals surface area contributed by atoms with E-state index in [1.807, 2.05) is 13.8 Å². The van der Waals surface area contributed by atoms with E-state index in [0.29, 0.717) is 6.42 Å². The highest BCUT2D eigenvalue weighted by Gasteiger charge is 2.70. The minimum absolute atomic E-state index is 0. The van der Waals surface area contributed by atoms with Crippen LogP contribution in [0.2, 0.25) is 0 Å². The predicted molar refractivity (Wildman–Crippen MR) is 88.6 cm³/mol. The lowest BCUT2D eigenvalue weighted by atomic mass is 9.95. The minimum Gasteiger partial charge on any atom is -0.480 e. The first-order valence-corrected chi connectivity index (χ1v) is 8.25. The average molecular weight is 401 g/mol. The molecule has 1 saturated heterocycles. The van der Waals surface area contributed by atoms with E-state index in [4.69, 9.17) is 0 Å².